The highest BCUT2D eigenvalue weighted by Crippen LogP contribution is 2.35. The van der Waals surface area contributed by atoms with Crippen LogP contribution < -0.4 is 9.47 Å². The molecule has 0 spiro atoms. The Hall–Kier alpha value is -2.04. The summed E-state index contributed by atoms with van der Waals surface area (Å²) in [5.41, 5.74) is 0.883. The first-order valence-corrected chi connectivity index (χ1v) is 6.96. The normalized spacial score (nSPS) is 15.5. The number of nitrogens with zero attached hydrogens (tertiary/aromatic N) is 2. The summed E-state index contributed by atoms with van der Waals surface area (Å²) in [6.07, 6.45) is 4.97. The third kappa shape index (κ3) is 2.35. The Kier molecular flexibility index (Phi) is 3.58. The molecule has 1 N–H and O–H groups in total. The Balaban J connectivity index is 1.92. The molecule has 2 aromatic rings. The summed E-state index contributed by atoms with van der Waals surface area (Å²) in [5, 5.41) is 7.42. The number of ether oxygens (including phenoxy) is 2. The molecule has 0 unspecified atom stereocenters. The third-order valence-corrected chi connectivity index (χ3v) is 3.89. The zero-order valence-electron chi connectivity index (χ0n) is 11.8. The van der Waals surface area contributed by atoms with Crippen LogP contribution in [0.3, 0.4) is 0 Å². The van der Waals surface area contributed by atoms with Crippen molar-refractivity contribution in [3.05, 3.63) is 24.0 Å². The lowest BCUT2D eigenvalue weighted by Crippen LogP contribution is -1.95. The van der Waals surface area contributed by atoms with Crippen molar-refractivity contribution in [1.82, 2.24) is 15.2 Å². The number of hydrogen-bond donors (Lipinski definition) is 1. The van der Waals surface area contributed by atoms with Crippen LogP contribution in [0.1, 0.15) is 37.4 Å². The smallest absolute Gasteiger partial charge is 0.184 e. The van der Waals surface area contributed by atoms with Crippen LogP contribution in [0.2, 0.25) is 0 Å². The van der Waals surface area contributed by atoms with Crippen molar-refractivity contribution >= 4 is 0 Å². The second kappa shape index (κ2) is 5.53. The minimum absolute atomic E-state index is 0.528. The Morgan fingerprint density at radius 2 is 1.95 bits per heavy atom. The van der Waals surface area contributed by atoms with Crippen LogP contribution in [0, 0.1) is 0 Å². The fourth-order valence-electron chi connectivity index (χ4n) is 2.76. The lowest BCUT2D eigenvalue weighted by molar-refractivity contribution is 0.395. The SMILES string of the molecule is COc1ccc(-c2n[nH]c(C3CCCC3)n2)c(OC)c1. The summed E-state index contributed by atoms with van der Waals surface area (Å²) in [5.74, 6) is 3.70. The predicted octanol–water partition coefficient (Wildman–Crippen LogP) is 3.15. The van der Waals surface area contributed by atoms with Gasteiger partial charge in [0.25, 0.3) is 0 Å². The molecule has 1 aliphatic rings. The second-order valence-corrected chi connectivity index (χ2v) is 5.09. The van der Waals surface area contributed by atoms with Gasteiger partial charge in [-0.3, -0.25) is 5.10 Å². The molecule has 5 nitrogen and oxygen atoms in total. The van der Waals surface area contributed by atoms with Gasteiger partial charge in [-0.05, 0) is 25.0 Å². The number of benzene rings is 1. The Bertz CT molecular complexity index is 589. The molecule has 1 aliphatic carbocycles. The van der Waals surface area contributed by atoms with E-state index in [0.717, 1.165) is 22.9 Å². The van der Waals surface area contributed by atoms with Gasteiger partial charge < -0.3 is 9.47 Å². The Morgan fingerprint density at radius 3 is 2.65 bits per heavy atom. The van der Waals surface area contributed by atoms with Gasteiger partial charge in [0.2, 0.25) is 0 Å². The van der Waals surface area contributed by atoms with Crippen LogP contribution in [0.25, 0.3) is 11.4 Å². The van der Waals surface area contributed by atoms with Crippen molar-refractivity contribution in [2.45, 2.75) is 31.6 Å². The summed E-state index contributed by atoms with van der Waals surface area (Å²) in [6.45, 7) is 0. The quantitative estimate of drug-likeness (QED) is 0.929. The van der Waals surface area contributed by atoms with E-state index in [0.29, 0.717) is 11.7 Å². The summed E-state index contributed by atoms with van der Waals surface area (Å²) < 4.78 is 10.6. The van der Waals surface area contributed by atoms with Gasteiger partial charge in [0.15, 0.2) is 5.82 Å². The third-order valence-electron chi connectivity index (χ3n) is 3.89. The monoisotopic (exact) mass is 273 g/mol. The molecule has 0 amide bonds. The Morgan fingerprint density at radius 1 is 1.15 bits per heavy atom. The fraction of sp³-hybridized carbons (Fsp3) is 0.467. The van der Waals surface area contributed by atoms with E-state index in [1.54, 1.807) is 14.2 Å². The Labute approximate surface area is 118 Å². The van der Waals surface area contributed by atoms with E-state index in [1.807, 2.05) is 18.2 Å². The van der Waals surface area contributed by atoms with Gasteiger partial charge in [-0.25, -0.2) is 4.98 Å². The molecule has 1 aromatic heterocycles. The number of hydrogen-bond acceptors (Lipinski definition) is 4. The zero-order valence-corrected chi connectivity index (χ0v) is 11.8. The first kappa shape index (κ1) is 13.0. The standard InChI is InChI=1S/C15H19N3O2/c1-19-11-7-8-12(13(9-11)20-2)15-16-14(17-18-15)10-5-3-4-6-10/h7-10H,3-6H2,1-2H3,(H,16,17,18). The number of rotatable bonds is 4. The van der Waals surface area contributed by atoms with Gasteiger partial charge in [0, 0.05) is 12.0 Å². The van der Waals surface area contributed by atoms with Crippen LogP contribution in [0.4, 0.5) is 0 Å². The molecule has 0 bridgehead atoms. The number of nitrogens with one attached hydrogen (secondary N) is 1. The van der Waals surface area contributed by atoms with Crippen molar-refractivity contribution in [1.29, 1.82) is 0 Å². The van der Waals surface area contributed by atoms with Crippen LogP contribution >= 0.6 is 0 Å². The van der Waals surface area contributed by atoms with Crippen molar-refractivity contribution in [2.24, 2.45) is 0 Å². The second-order valence-electron chi connectivity index (χ2n) is 5.09. The van der Waals surface area contributed by atoms with Crippen molar-refractivity contribution < 1.29 is 9.47 Å². The maximum atomic E-state index is 5.40. The molecule has 1 fully saturated rings. The largest absolute Gasteiger partial charge is 0.497 e. The molecule has 1 heterocycles. The number of aromatic nitrogens is 3. The van der Waals surface area contributed by atoms with Crippen LogP contribution in [0.15, 0.2) is 18.2 Å². The van der Waals surface area contributed by atoms with Gasteiger partial charge in [-0.1, -0.05) is 12.8 Å². The van der Waals surface area contributed by atoms with Crippen LogP contribution in [-0.2, 0) is 0 Å². The minimum atomic E-state index is 0.528. The van der Waals surface area contributed by atoms with Crippen molar-refractivity contribution in [3.63, 3.8) is 0 Å². The summed E-state index contributed by atoms with van der Waals surface area (Å²) in [4.78, 5) is 4.64. The lowest BCUT2D eigenvalue weighted by Gasteiger charge is -2.07. The van der Waals surface area contributed by atoms with E-state index in [-0.39, 0.29) is 0 Å². The van der Waals surface area contributed by atoms with Gasteiger partial charge in [0.05, 0.1) is 19.8 Å². The average Bonchev–Trinajstić information content (AvgIpc) is 3.17. The fourth-order valence-corrected chi connectivity index (χ4v) is 2.76. The molecular weight excluding hydrogens is 254 g/mol. The van der Waals surface area contributed by atoms with Gasteiger partial charge in [0.1, 0.15) is 17.3 Å². The highest BCUT2D eigenvalue weighted by Gasteiger charge is 2.21. The first-order chi connectivity index (χ1) is 9.81. The highest BCUT2D eigenvalue weighted by atomic mass is 16.5. The molecule has 0 aliphatic heterocycles. The molecule has 20 heavy (non-hydrogen) atoms. The van der Waals surface area contributed by atoms with Crippen LogP contribution in [0.5, 0.6) is 11.5 Å². The lowest BCUT2D eigenvalue weighted by atomic mass is 10.1. The van der Waals surface area contributed by atoms with E-state index in [2.05, 4.69) is 15.2 Å². The van der Waals surface area contributed by atoms with E-state index < -0.39 is 0 Å². The van der Waals surface area contributed by atoms with Gasteiger partial charge in [-0.2, -0.15) is 5.10 Å². The minimum Gasteiger partial charge on any atom is -0.497 e. The van der Waals surface area contributed by atoms with Crippen LogP contribution in [-0.4, -0.2) is 29.4 Å². The average molecular weight is 273 g/mol. The van der Waals surface area contributed by atoms with Gasteiger partial charge >= 0.3 is 0 Å². The van der Waals surface area contributed by atoms with E-state index in [4.69, 9.17) is 9.47 Å². The summed E-state index contributed by atoms with van der Waals surface area (Å²) >= 11 is 0. The number of aromatic amines is 1. The molecule has 106 valence electrons. The molecule has 1 aromatic carbocycles. The molecule has 3 rings (SSSR count). The molecule has 5 heteroatoms. The van der Waals surface area contributed by atoms with Crippen molar-refractivity contribution in [2.75, 3.05) is 14.2 Å². The zero-order chi connectivity index (χ0) is 13.9. The van der Waals surface area contributed by atoms with E-state index in [1.165, 1.54) is 25.7 Å². The molecular formula is C15H19N3O2. The number of methoxy groups -OCH3 is 2. The summed E-state index contributed by atoms with van der Waals surface area (Å²) in [7, 11) is 3.28. The van der Waals surface area contributed by atoms with E-state index >= 15 is 0 Å². The predicted molar refractivity (Wildman–Crippen MR) is 76.1 cm³/mol. The highest BCUT2D eigenvalue weighted by molar-refractivity contribution is 5.65. The molecule has 0 atom stereocenters. The first-order valence-electron chi connectivity index (χ1n) is 6.96. The topological polar surface area (TPSA) is 60.0 Å². The maximum absolute atomic E-state index is 5.40. The van der Waals surface area contributed by atoms with E-state index in [9.17, 15) is 0 Å². The van der Waals surface area contributed by atoms with Crippen molar-refractivity contribution in [3.8, 4) is 22.9 Å². The van der Waals surface area contributed by atoms with Gasteiger partial charge in [-0.15, -0.1) is 0 Å². The number of H-pyrrole nitrogens is 1. The summed E-state index contributed by atoms with van der Waals surface area (Å²) in [6, 6.07) is 5.67. The molecule has 0 radical (unpaired) electrons. The molecule has 0 saturated heterocycles. The molecule has 1 saturated carbocycles. The maximum Gasteiger partial charge on any atom is 0.184 e.